The van der Waals surface area contributed by atoms with Crippen LogP contribution in [0.25, 0.3) is 0 Å². The van der Waals surface area contributed by atoms with Crippen LogP contribution < -0.4 is 0 Å². The first-order valence-electron chi connectivity index (χ1n) is 3.60. The molecule has 1 atom stereocenters. The van der Waals surface area contributed by atoms with Crippen LogP contribution in [0.2, 0.25) is 0 Å². The second-order valence-electron chi connectivity index (χ2n) is 2.67. The summed E-state index contributed by atoms with van der Waals surface area (Å²) in [6.45, 7) is 1.32. The molecular weight excluding hydrogens is 259 g/mol. The van der Waals surface area contributed by atoms with E-state index < -0.39 is 15.5 Å². The zero-order chi connectivity index (χ0) is 10.1. The average molecular weight is 267 g/mol. The lowest BCUT2D eigenvalue weighted by atomic mass is 10.2. The Morgan fingerprint density at radius 2 is 2.08 bits per heavy atom. The quantitative estimate of drug-likeness (QED) is 0.772. The summed E-state index contributed by atoms with van der Waals surface area (Å²) in [4.78, 5) is 0. The van der Waals surface area contributed by atoms with Crippen molar-refractivity contribution in [2.75, 3.05) is 0 Å². The van der Waals surface area contributed by atoms with E-state index in [1.165, 1.54) is 6.92 Å². The molecule has 5 heteroatoms. The molecule has 1 aromatic rings. The van der Waals surface area contributed by atoms with E-state index in [1.54, 1.807) is 24.3 Å². The number of rotatable bonds is 2. The first kappa shape index (κ1) is 10.7. The van der Waals surface area contributed by atoms with Gasteiger partial charge in [0.05, 0.1) is 0 Å². The second kappa shape index (κ2) is 3.75. The summed E-state index contributed by atoms with van der Waals surface area (Å²) in [5.41, 5.74) is 0.442. The van der Waals surface area contributed by atoms with Crippen LogP contribution in [0.1, 0.15) is 17.7 Å². The minimum absolute atomic E-state index is 0.442. The minimum atomic E-state index is -4.49. The van der Waals surface area contributed by atoms with E-state index in [0.29, 0.717) is 5.56 Å². The number of hydrogen-bond donors (Lipinski definition) is 0. The van der Waals surface area contributed by atoms with E-state index in [1.807, 2.05) is 0 Å². The van der Waals surface area contributed by atoms with Crippen LogP contribution in [0.3, 0.4) is 0 Å². The van der Waals surface area contributed by atoms with Crippen LogP contribution in [0.15, 0.2) is 28.7 Å². The van der Waals surface area contributed by atoms with Crippen LogP contribution in [0.4, 0.5) is 3.89 Å². The molecule has 0 radical (unpaired) electrons. The summed E-state index contributed by atoms with van der Waals surface area (Å²) >= 11 is 3.18. The summed E-state index contributed by atoms with van der Waals surface area (Å²) in [6.07, 6.45) is 0. The van der Waals surface area contributed by atoms with Crippen molar-refractivity contribution in [3.63, 3.8) is 0 Å². The maximum atomic E-state index is 12.6. The zero-order valence-electron chi connectivity index (χ0n) is 6.87. The maximum absolute atomic E-state index is 12.6. The summed E-state index contributed by atoms with van der Waals surface area (Å²) in [7, 11) is -4.49. The molecule has 2 nitrogen and oxygen atoms in total. The summed E-state index contributed by atoms with van der Waals surface area (Å²) in [5.74, 6) is 0. The van der Waals surface area contributed by atoms with Gasteiger partial charge in [-0.1, -0.05) is 28.1 Å². The van der Waals surface area contributed by atoms with Crippen molar-refractivity contribution >= 4 is 26.2 Å². The van der Waals surface area contributed by atoms with Gasteiger partial charge in [0.25, 0.3) is 0 Å². The van der Waals surface area contributed by atoms with Crippen molar-refractivity contribution < 1.29 is 12.3 Å². The van der Waals surface area contributed by atoms with E-state index in [0.717, 1.165) is 4.47 Å². The zero-order valence-corrected chi connectivity index (χ0v) is 9.27. The van der Waals surface area contributed by atoms with Crippen molar-refractivity contribution in [1.82, 2.24) is 0 Å². The molecule has 0 aliphatic heterocycles. The molecule has 0 saturated carbocycles. The Labute approximate surface area is 85.1 Å². The molecular formula is C8H8BrFO2S. The van der Waals surface area contributed by atoms with Gasteiger partial charge in [0.2, 0.25) is 0 Å². The molecule has 1 unspecified atom stereocenters. The van der Waals surface area contributed by atoms with Gasteiger partial charge in [-0.25, -0.2) is 0 Å². The van der Waals surface area contributed by atoms with Crippen LogP contribution in [0.5, 0.6) is 0 Å². The molecule has 1 rings (SSSR count). The lowest BCUT2D eigenvalue weighted by Gasteiger charge is -2.06. The molecule has 0 aliphatic rings. The Kier molecular flexibility index (Phi) is 3.08. The van der Waals surface area contributed by atoms with Gasteiger partial charge < -0.3 is 0 Å². The standard InChI is InChI=1S/C8H8BrFO2S/c1-6(13(10,11)12)7-3-2-4-8(9)5-7/h2-6H,1H3. The first-order chi connectivity index (χ1) is 5.91. The van der Waals surface area contributed by atoms with E-state index in [4.69, 9.17) is 0 Å². The predicted octanol–water partition coefficient (Wildman–Crippen LogP) is 2.81. The maximum Gasteiger partial charge on any atom is 0.309 e. The van der Waals surface area contributed by atoms with Crippen molar-refractivity contribution in [2.45, 2.75) is 12.2 Å². The largest absolute Gasteiger partial charge is 0.309 e. The van der Waals surface area contributed by atoms with E-state index in [-0.39, 0.29) is 0 Å². The van der Waals surface area contributed by atoms with Gasteiger partial charge >= 0.3 is 10.2 Å². The van der Waals surface area contributed by atoms with Gasteiger partial charge in [-0.2, -0.15) is 8.42 Å². The number of benzene rings is 1. The fourth-order valence-electron chi connectivity index (χ4n) is 0.922. The van der Waals surface area contributed by atoms with Gasteiger partial charge in [-0.05, 0) is 24.6 Å². The molecule has 0 fully saturated rings. The molecule has 0 aliphatic carbocycles. The number of halogens is 2. The fourth-order valence-corrected chi connectivity index (χ4v) is 1.81. The van der Waals surface area contributed by atoms with Gasteiger partial charge in [0, 0.05) is 4.47 Å². The highest BCUT2D eigenvalue weighted by Crippen LogP contribution is 2.25. The third-order valence-corrected chi connectivity index (χ3v) is 3.35. The highest BCUT2D eigenvalue weighted by atomic mass is 79.9. The average Bonchev–Trinajstić information content (AvgIpc) is 2.01. The van der Waals surface area contributed by atoms with Gasteiger partial charge in [0.1, 0.15) is 5.25 Å². The van der Waals surface area contributed by atoms with Crippen molar-refractivity contribution in [2.24, 2.45) is 0 Å². The third-order valence-electron chi connectivity index (χ3n) is 1.74. The monoisotopic (exact) mass is 266 g/mol. The third kappa shape index (κ3) is 2.77. The fraction of sp³-hybridized carbons (Fsp3) is 0.250. The van der Waals surface area contributed by atoms with E-state index >= 15 is 0 Å². The molecule has 0 amide bonds. The molecule has 1 aromatic carbocycles. The Hall–Kier alpha value is -0.420. The van der Waals surface area contributed by atoms with Crippen molar-refractivity contribution in [3.05, 3.63) is 34.3 Å². The highest BCUT2D eigenvalue weighted by molar-refractivity contribution is 9.10. The topological polar surface area (TPSA) is 34.1 Å². The first-order valence-corrected chi connectivity index (χ1v) is 5.84. The molecule has 0 bridgehead atoms. The normalized spacial score (nSPS) is 14.1. The predicted molar refractivity (Wildman–Crippen MR) is 52.6 cm³/mol. The number of hydrogen-bond acceptors (Lipinski definition) is 2. The van der Waals surface area contributed by atoms with Crippen LogP contribution in [0, 0.1) is 0 Å². The minimum Gasteiger partial charge on any atom is -0.194 e. The smallest absolute Gasteiger partial charge is 0.194 e. The summed E-state index contributed by atoms with van der Waals surface area (Å²) in [6, 6.07) is 6.58. The Balaban J connectivity index is 3.10. The van der Waals surface area contributed by atoms with Crippen LogP contribution in [-0.4, -0.2) is 8.42 Å². The molecule has 0 heterocycles. The molecule has 13 heavy (non-hydrogen) atoms. The van der Waals surface area contributed by atoms with Gasteiger partial charge in [-0.15, -0.1) is 3.89 Å². The lowest BCUT2D eigenvalue weighted by Crippen LogP contribution is -2.03. The summed E-state index contributed by atoms with van der Waals surface area (Å²) < 4.78 is 34.4. The lowest BCUT2D eigenvalue weighted by molar-refractivity contribution is 0.540. The highest BCUT2D eigenvalue weighted by Gasteiger charge is 2.21. The Morgan fingerprint density at radius 1 is 1.46 bits per heavy atom. The molecule has 72 valence electrons. The molecule has 0 saturated heterocycles. The summed E-state index contributed by atoms with van der Waals surface area (Å²) in [5, 5.41) is -1.11. The van der Waals surface area contributed by atoms with Crippen LogP contribution in [-0.2, 0) is 10.2 Å². The molecule has 0 spiro atoms. The van der Waals surface area contributed by atoms with Crippen LogP contribution >= 0.6 is 15.9 Å². The SMILES string of the molecule is CC(c1cccc(Br)c1)S(=O)(=O)F. The van der Waals surface area contributed by atoms with Crippen molar-refractivity contribution in [1.29, 1.82) is 0 Å². The van der Waals surface area contributed by atoms with Crippen molar-refractivity contribution in [3.8, 4) is 0 Å². The van der Waals surface area contributed by atoms with E-state index in [9.17, 15) is 12.3 Å². The molecule has 0 aromatic heterocycles. The van der Waals surface area contributed by atoms with E-state index in [2.05, 4.69) is 15.9 Å². The second-order valence-corrected chi connectivity index (χ2v) is 5.25. The Bertz CT molecular complexity index is 402. The van der Waals surface area contributed by atoms with Gasteiger partial charge in [0.15, 0.2) is 0 Å². The molecule has 0 N–H and O–H groups in total. The van der Waals surface area contributed by atoms with Gasteiger partial charge in [-0.3, -0.25) is 0 Å². The Morgan fingerprint density at radius 3 is 2.54 bits per heavy atom.